The van der Waals surface area contributed by atoms with Crippen molar-refractivity contribution in [3.63, 3.8) is 0 Å². The SMILES string of the molecule is CCc1cn2c(-c3nccc(N4CCc5sccc5C4C)n3)cnc2cn1. The van der Waals surface area contributed by atoms with Crippen LogP contribution in [0.1, 0.15) is 36.0 Å². The van der Waals surface area contributed by atoms with Crippen molar-refractivity contribution in [2.75, 3.05) is 11.4 Å². The Morgan fingerprint density at radius 3 is 3.00 bits per heavy atom. The zero-order valence-electron chi connectivity index (χ0n) is 15.3. The fourth-order valence-electron chi connectivity index (χ4n) is 3.73. The number of aryl methyl sites for hydroxylation is 1. The molecule has 0 saturated heterocycles. The van der Waals surface area contributed by atoms with Gasteiger partial charge in [0, 0.05) is 23.8 Å². The van der Waals surface area contributed by atoms with Crippen molar-refractivity contribution in [3.05, 3.63) is 58.4 Å². The van der Waals surface area contributed by atoms with Crippen LogP contribution in [0.4, 0.5) is 5.82 Å². The van der Waals surface area contributed by atoms with Crippen LogP contribution in [0, 0.1) is 0 Å². The molecule has 4 aromatic heterocycles. The highest BCUT2D eigenvalue weighted by atomic mass is 32.1. The maximum absolute atomic E-state index is 4.89. The van der Waals surface area contributed by atoms with Crippen LogP contribution in [0.15, 0.2) is 42.3 Å². The van der Waals surface area contributed by atoms with Crippen molar-refractivity contribution >= 4 is 22.8 Å². The number of hydrogen-bond donors (Lipinski definition) is 0. The zero-order chi connectivity index (χ0) is 18.4. The monoisotopic (exact) mass is 376 g/mol. The number of imidazole rings is 1. The van der Waals surface area contributed by atoms with Crippen LogP contribution in [0.25, 0.3) is 17.2 Å². The molecule has 7 heteroatoms. The first-order valence-electron chi connectivity index (χ1n) is 9.23. The Kier molecular flexibility index (Phi) is 3.89. The first-order valence-corrected chi connectivity index (χ1v) is 10.1. The van der Waals surface area contributed by atoms with Crippen molar-refractivity contribution in [1.29, 1.82) is 0 Å². The normalized spacial score (nSPS) is 16.7. The van der Waals surface area contributed by atoms with Gasteiger partial charge in [0.1, 0.15) is 11.5 Å². The molecule has 0 spiro atoms. The molecule has 1 aliphatic rings. The van der Waals surface area contributed by atoms with Gasteiger partial charge in [-0.05, 0) is 42.8 Å². The quantitative estimate of drug-likeness (QED) is 0.542. The first kappa shape index (κ1) is 16.4. The molecule has 6 nitrogen and oxygen atoms in total. The van der Waals surface area contributed by atoms with Crippen LogP contribution < -0.4 is 4.90 Å². The van der Waals surface area contributed by atoms with Gasteiger partial charge in [-0.1, -0.05) is 6.92 Å². The summed E-state index contributed by atoms with van der Waals surface area (Å²) in [5.74, 6) is 1.65. The zero-order valence-corrected chi connectivity index (χ0v) is 16.1. The van der Waals surface area contributed by atoms with Crippen molar-refractivity contribution in [2.45, 2.75) is 32.7 Å². The van der Waals surface area contributed by atoms with E-state index < -0.39 is 0 Å². The van der Waals surface area contributed by atoms with Crippen LogP contribution in [-0.4, -0.2) is 30.9 Å². The third kappa shape index (κ3) is 2.70. The molecule has 1 aliphatic heterocycles. The van der Waals surface area contributed by atoms with Crippen LogP contribution in [-0.2, 0) is 12.8 Å². The van der Waals surface area contributed by atoms with Gasteiger partial charge < -0.3 is 4.90 Å². The molecular formula is C20H20N6S. The Morgan fingerprint density at radius 2 is 2.11 bits per heavy atom. The maximum atomic E-state index is 4.89. The number of aromatic nitrogens is 5. The fourth-order valence-corrected chi connectivity index (χ4v) is 4.70. The number of hydrogen-bond acceptors (Lipinski definition) is 6. The summed E-state index contributed by atoms with van der Waals surface area (Å²) in [5, 5.41) is 2.19. The molecular weight excluding hydrogens is 356 g/mol. The standard InChI is InChI=1S/C20H20N6S/c1-3-14-12-26-16(10-23-19(26)11-22-14)20-21-7-4-18(24-20)25-8-5-17-15(13(25)2)6-9-27-17/h4,6-7,9-13H,3,5,8H2,1-2H3. The van der Waals surface area contributed by atoms with E-state index in [1.54, 1.807) is 6.20 Å². The van der Waals surface area contributed by atoms with E-state index in [0.29, 0.717) is 11.9 Å². The maximum Gasteiger partial charge on any atom is 0.180 e. The number of fused-ring (bicyclic) bond motifs is 2. The van der Waals surface area contributed by atoms with E-state index in [0.717, 1.165) is 42.2 Å². The van der Waals surface area contributed by atoms with Gasteiger partial charge in [-0.15, -0.1) is 11.3 Å². The van der Waals surface area contributed by atoms with Crippen molar-refractivity contribution in [3.8, 4) is 11.5 Å². The highest BCUT2D eigenvalue weighted by molar-refractivity contribution is 7.10. The van der Waals surface area contributed by atoms with E-state index in [-0.39, 0.29) is 0 Å². The Hall–Kier alpha value is -2.80. The lowest BCUT2D eigenvalue weighted by molar-refractivity contribution is 0.624. The molecule has 0 saturated carbocycles. The molecule has 5 heterocycles. The molecule has 1 unspecified atom stereocenters. The van der Waals surface area contributed by atoms with Gasteiger partial charge in [-0.3, -0.25) is 9.38 Å². The van der Waals surface area contributed by atoms with E-state index in [1.807, 2.05) is 40.4 Å². The second-order valence-corrected chi connectivity index (χ2v) is 7.76. The lowest BCUT2D eigenvalue weighted by atomic mass is 10.0. The average molecular weight is 376 g/mol. The predicted molar refractivity (Wildman–Crippen MR) is 107 cm³/mol. The molecule has 136 valence electrons. The highest BCUT2D eigenvalue weighted by Crippen LogP contribution is 2.35. The summed E-state index contributed by atoms with van der Waals surface area (Å²) < 4.78 is 2.03. The largest absolute Gasteiger partial charge is 0.349 e. The van der Waals surface area contributed by atoms with Crippen LogP contribution in [0.3, 0.4) is 0 Å². The summed E-state index contributed by atoms with van der Waals surface area (Å²) in [6.45, 7) is 5.32. The van der Waals surface area contributed by atoms with Crippen molar-refractivity contribution in [2.24, 2.45) is 0 Å². The molecule has 0 amide bonds. The summed E-state index contributed by atoms with van der Waals surface area (Å²) in [5.41, 5.74) is 4.14. The minimum atomic E-state index is 0.320. The van der Waals surface area contributed by atoms with Gasteiger partial charge in [0.05, 0.1) is 24.1 Å². The van der Waals surface area contributed by atoms with Gasteiger partial charge in [-0.25, -0.2) is 15.0 Å². The molecule has 0 aromatic carbocycles. The molecule has 27 heavy (non-hydrogen) atoms. The summed E-state index contributed by atoms with van der Waals surface area (Å²) in [6, 6.07) is 4.56. The van der Waals surface area contributed by atoms with Crippen LogP contribution in [0.5, 0.6) is 0 Å². The molecule has 0 radical (unpaired) electrons. The van der Waals surface area contributed by atoms with Gasteiger partial charge in [0.15, 0.2) is 11.5 Å². The number of anilines is 1. The molecule has 5 rings (SSSR count). The van der Waals surface area contributed by atoms with Crippen LogP contribution >= 0.6 is 11.3 Å². The summed E-state index contributed by atoms with van der Waals surface area (Å²) >= 11 is 1.86. The number of nitrogens with zero attached hydrogens (tertiary/aromatic N) is 6. The first-order chi connectivity index (χ1) is 13.2. The van der Waals surface area contributed by atoms with Gasteiger partial charge in [-0.2, -0.15) is 0 Å². The number of thiophene rings is 1. The molecule has 4 aromatic rings. The summed E-state index contributed by atoms with van der Waals surface area (Å²) in [7, 11) is 0. The second-order valence-electron chi connectivity index (χ2n) is 6.76. The second kappa shape index (κ2) is 6.42. The third-order valence-electron chi connectivity index (χ3n) is 5.25. The van der Waals surface area contributed by atoms with E-state index >= 15 is 0 Å². The van der Waals surface area contributed by atoms with Crippen molar-refractivity contribution < 1.29 is 0 Å². The lowest BCUT2D eigenvalue weighted by Gasteiger charge is -2.34. The smallest absolute Gasteiger partial charge is 0.180 e. The average Bonchev–Trinajstić information content (AvgIpc) is 3.35. The van der Waals surface area contributed by atoms with E-state index in [1.165, 1.54) is 10.4 Å². The Labute approximate surface area is 161 Å². The van der Waals surface area contributed by atoms with Crippen LogP contribution in [0.2, 0.25) is 0 Å². The molecule has 0 aliphatic carbocycles. The van der Waals surface area contributed by atoms with E-state index in [4.69, 9.17) is 4.98 Å². The summed E-state index contributed by atoms with van der Waals surface area (Å²) in [4.78, 5) is 22.1. The highest BCUT2D eigenvalue weighted by Gasteiger charge is 2.26. The third-order valence-corrected chi connectivity index (χ3v) is 6.25. The Morgan fingerprint density at radius 1 is 1.19 bits per heavy atom. The molecule has 0 bridgehead atoms. The van der Waals surface area contributed by atoms with Crippen molar-refractivity contribution in [1.82, 2.24) is 24.3 Å². The van der Waals surface area contributed by atoms with Gasteiger partial charge >= 0.3 is 0 Å². The Balaban J connectivity index is 1.55. The summed E-state index contributed by atoms with van der Waals surface area (Å²) in [6.07, 6.45) is 9.44. The topological polar surface area (TPSA) is 59.2 Å². The lowest BCUT2D eigenvalue weighted by Crippen LogP contribution is -2.33. The molecule has 0 N–H and O–H groups in total. The van der Waals surface area contributed by atoms with E-state index in [9.17, 15) is 0 Å². The predicted octanol–water partition coefficient (Wildman–Crippen LogP) is 3.93. The fraction of sp³-hybridized carbons (Fsp3) is 0.300. The molecule has 0 fully saturated rings. The minimum absolute atomic E-state index is 0.320. The van der Waals surface area contributed by atoms with Gasteiger partial charge in [0.25, 0.3) is 0 Å². The van der Waals surface area contributed by atoms with E-state index in [2.05, 4.69) is 45.1 Å². The number of rotatable bonds is 3. The Bertz CT molecular complexity index is 1110. The minimum Gasteiger partial charge on any atom is -0.349 e. The molecule has 1 atom stereocenters. The van der Waals surface area contributed by atoms with Gasteiger partial charge in [0.2, 0.25) is 0 Å².